The summed E-state index contributed by atoms with van der Waals surface area (Å²) < 4.78 is 0. The summed E-state index contributed by atoms with van der Waals surface area (Å²) in [4.78, 5) is 29.5. The zero-order chi connectivity index (χ0) is 11.7. The van der Waals surface area contributed by atoms with E-state index in [1.165, 1.54) is 0 Å². The first-order valence-corrected chi connectivity index (χ1v) is 5.39. The number of carbonyl (C=O) groups is 2. The average Bonchev–Trinajstić information content (AvgIpc) is 2.58. The van der Waals surface area contributed by atoms with E-state index >= 15 is 0 Å². The van der Waals surface area contributed by atoms with Crippen molar-refractivity contribution in [1.29, 1.82) is 0 Å². The zero-order valence-electron chi connectivity index (χ0n) is 8.04. The molecule has 0 atom stereocenters. The lowest BCUT2D eigenvalue weighted by Gasteiger charge is -2.03. The Morgan fingerprint density at radius 1 is 1.19 bits per heavy atom. The normalized spacial score (nSPS) is 10.9. The Morgan fingerprint density at radius 2 is 1.81 bits per heavy atom. The zero-order valence-corrected chi connectivity index (χ0v) is 9.83. The monoisotopic (exact) mass is 252 g/mol. The molecule has 1 N–H and O–H groups in total. The molecule has 1 heterocycles. The van der Waals surface area contributed by atoms with Crippen LogP contribution in [0.1, 0.15) is 11.7 Å². The van der Waals surface area contributed by atoms with Crippen molar-refractivity contribution in [2.45, 2.75) is 5.92 Å². The predicted octanol–water partition coefficient (Wildman–Crippen LogP) is 1.56. The molecule has 0 radical (unpaired) electrons. The molecule has 0 aliphatic rings. The van der Waals surface area contributed by atoms with Crippen LogP contribution in [0.5, 0.6) is 0 Å². The van der Waals surface area contributed by atoms with E-state index in [0.717, 1.165) is 5.52 Å². The number of benzene rings is 1. The number of para-hydroxylation sites is 2. The standard InChI is InChI=1S/C10H8N2O2S2/c13-9(15)7(10(14)16)8-11-5-3-1-2-4-6(5)12-8/h1-4,7H,(H,11,12)(H,13,15)(H,14,16). The highest BCUT2D eigenvalue weighted by atomic mass is 32.1. The Bertz CT molecular complexity index is 518. The first-order valence-electron chi connectivity index (χ1n) is 4.50. The Balaban J connectivity index is 2.53. The largest absolute Gasteiger partial charge is 0.341 e. The highest BCUT2D eigenvalue weighted by Crippen LogP contribution is 2.21. The van der Waals surface area contributed by atoms with E-state index in [2.05, 4.69) is 35.2 Å². The van der Waals surface area contributed by atoms with Crippen LogP contribution in [-0.4, -0.2) is 20.2 Å². The molecule has 1 aromatic heterocycles. The predicted molar refractivity (Wildman–Crippen MR) is 66.8 cm³/mol. The van der Waals surface area contributed by atoms with Crippen LogP contribution in [0.25, 0.3) is 11.0 Å². The summed E-state index contributed by atoms with van der Waals surface area (Å²) in [6.45, 7) is 0. The molecule has 0 saturated carbocycles. The van der Waals surface area contributed by atoms with Gasteiger partial charge in [-0.2, -0.15) is 0 Å². The number of imidazole rings is 1. The quantitative estimate of drug-likeness (QED) is 0.574. The van der Waals surface area contributed by atoms with Gasteiger partial charge in [-0.05, 0) is 12.1 Å². The van der Waals surface area contributed by atoms with E-state index in [0.29, 0.717) is 5.52 Å². The molecule has 0 fully saturated rings. The minimum atomic E-state index is -1.04. The van der Waals surface area contributed by atoms with Crippen molar-refractivity contribution >= 4 is 46.5 Å². The van der Waals surface area contributed by atoms with E-state index in [9.17, 15) is 9.59 Å². The van der Waals surface area contributed by atoms with Crippen molar-refractivity contribution in [1.82, 2.24) is 9.97 Å². The molecule has 1 aromatic carbocycles. The number of hydrogen-bond acceptors (Lipinski definition) is 3. The fourth-order valence-corrected chi connectivity index (χ4v) is 2.03. The SMILES string of the molecule is O=C(S)C(C(=O)S)c1nc2ccccc2[nH]1. The molecule has 0 amide bonds. The van der Waals surface area contributed by atoms with E-state index < -0.39 is 16.1 Å². The molecule has 0 spiro atoms. The van der Waals surface area contributed by atoms with Crippen LogP contribution < -0.4 is 0 Å². The first-order chi connectivity index (χ1) is 7.59. The number of aromatic nitrogens is 2. The van der Waals surface area contributed by atoms with E-state index in [1.54, 1.807) is 6.07 Å². The molecule has 0 saturated heterocycles. The lowest BCUT2D eigenvalue weighted by Crippen LogP contribution is -2.15. The second-order valence-electron chi connectivity index (χ2n) is 3.25. The highest BCUT2D eigenvalue weighted by molar-refractivity contribution is 7.99. The van der Waals surface area contributed by atoms with Crippen LogP contribution in [0.3, 0.4) is 0 Å². The van der Waals surface area contributed by atoms with Crippen molar-refractivity contribution in [2.24, 2.45) is 0 Å². The Morgan fingerprint density at radius 3 is 2.38 bits per heavy atom. The van der Waals surface area contributed by atoms with Gasteiger partial charge in [0, 0.05) is 0 Å². The molecule has 6 heteroatoms. The number of fused-ring (bicyclic) bond motifs is 1. The molecule has 4 nitrogen and oxygen atoms in total. The van der Waals surface area contributed by atoms with Crippen molar-refractivity contribution in [3.8, 4) is 0 Å². The van der Waals surface area contributed by atoms with Crippen LogP contribution in [-0.2, 0) is 9.59 Å². The summed E-state index contributed by atoms with van der Waals surface area (Å²) in [5.74, 6) is -0.764. The van der Waals surface area contributed by atoms with Gasteiger partial charge in [-0.15, -0.1) is 25.3 Å². The second kappa shape index (κ2) is 4.31. The maximum absolute atomic E-state index is 11.2. The molecule has 16 heavy (non-hydrogen) atoms. The number of nitrogens with zero attached hydrogens (tertiary/aromatic N) is 1. The van der Waals surface area contributed by atoms with E-state index in [-0.39, 0.29) is 5.82 Å². The molecule has 82 valence electrons. The van der Waals surface area contributed by atoms with Crippen LogP contribution in [0.4, 0.5) is 0 Å². The summed E-state index contributed by atoms with van der Waals surface area (Å²) >= 11 is 7.31. The fourth-order valence-electron chi connectivity index (χ4n) is 1.45. The topological polar surface area (TPSA) is 62.8 Å². The van der Waals surface area contributed by atoms with Crippen molar-refractivity contribution in [3.63, 3.8) is 0 Å². The van der Waals surface area contributed by atoms with Gasteiger partial charge in [0.2, 0.25) is 10.2 Å². The number of carbonyl (C=O) groups excluding carboxylic acids is 2. The molecule has 2 aromatic rings. The first kappa shape index (κ1) is 11.2. The lowest BCUT2D eigenvalue weighted by molar-refractivity contribution is -0.119. The number of nitrogens with one attached hydrogen (secondary N) is 1. The van der Waals surface area contributed by atoms with Gasteiger partial charge in [0.25, 0.3) is 0 Å². The van der Waals surface area contributed by atoms with Gasteiger partial charge in [-0.25, -0.2) is 4.98 Å². The van der Waals surface area contributed by atoms with Gasteiger partial charge in [-0.3, -0.25) is 9.59 Å². The fraction of sp³-hybridized carbons (Fsp3) is 0.100. The van der Waals surface area contributed by atoms with E-state index in [4.69, 9.17) is 0 Å². The minimum absolute atomic E-state index is 0.279. The van der Waals surface area contributed by atoms with Crippen LogP contribution in [0.2, 0.25) is 0 Å². The van der Waals surface area contributed by atoms with Gasteiger partial charge in [0.15, 0.2) is 5.92 Å². The van der Waals surface area contributed by atoms with Gasteiger partial charge >= 0.3 is 0 Å². The third-order valence-corrected chi connectivity index (χ3v) is 2.69. The van der Waals surface area contributed by atoms with Gasteiger partial charge in [-0.1, -0.05) is 12.1 Å². The van der Waals surface area contributed by atoms with Gasteiger partial charge in [0.1, 0.15) is 5.82 Å². The Labute approximate surface area is 102 Å². The minimum Gasteiger partial charge on any atom is -0.341 e. The Kier molecular flexibility index (Phi) is 3.02. The number of thiol groups is 2. The summed E-state index contributed by atoms with van der Waals surface area (Å²) in [7, 11) is 0. The third kappa shape index (κ3) is 1.98. The summed E-state index contributed by atoms with van der Waals surface area (Å²) in [6.07, 6.45) is 0. The summed E-state index contributed by atoms with van der Waals surface area (Å²) in [6, 6.07) is 7.27. The molecule has 0 aliphatic carbocycles. The number of H-pyrrole nitrogens is 1. The molecular formula is C10H8N2O2S2. The molecule has 0 aliphatic heterocycles. The molecule has 2 rings (SSSR count). The smallest absolute Gasteiger partial charge is 0.204 e. The number of hydrogen-bond donors (Lipinski definition) is 3. The van der Waals surface area contributed by atoms with Crippen LogP contribution in [0.15, 0.2) is 24.3 Å². The number of aromatic amines is 1. The average molecular weight is 252 g/mol. The summed E-state index contributed by atoms with van der Waals surface area (Å²) in [5.41, 5.74) is 1.47. The van der Waals surface area contributed by atoms with E-state index in [1.807, 2.05) is 18.2 Å². The van der Waals surface area contributed by atoms with Crippen molar-refractivity contribution in [3.05, 3.63) is 30.1 Å². The summed E-state index contributed by atoms with van der Waals surface area (Å²) in [5, 5.41) is -1.14. The van der Waals surface area contributed by atoms with Crippen molar-refractivity contribution < 1.29 is 9.59 Å². The second-order valence-corrected chi connectivity index (χ2v) is 4.13. The molecular weight excluding hydrogens is 244 g/mol. The Hall–Kier alpha value is -1.27. The van der Waals surface area contributed by atoms with Gasteiger partial charge in [0.05, 0.1) is 11.0 Å². The van der Waals surface area contributed by atoms with Crippen LogP contribution >= 0.6 is 25.3 Å². The number of rotatable bonds is 3. The van der Waals surface area contributed by atoms with Crippen LogP contribution in [0, 0.1) is 0 Å². The van der Waals surface area contributed by atoms with Crippen molar-refractivity contribution in [2.75, 3.05) is 0 Å². The van der Waals surface area contributed by atoms with Gasteiger partial charge < -0.3 is 4.98 Å². The maximum Gasteiger partial charge on any atom is 0.204 e. The third-order valence-electron chi connectivity index (χ3n) is 2.18. The maximum atomic E-state index is 11.2. The molecule has 0 unspecified atom stereocenters. The molecule has 0 bridgehead atoms. The highest BCUT2D eigenvalue weighted by Gasteiger charge is 2.26. The lowest BCUT2D eigenvalue weighted by atomic mass is 10.2.